The van der Waals surface area contributed by atoms with Crippen molar-refractivity contribution in [1.29, 1.82) is 0 Å². The molecule has 1 atom stereocenters. The highest BCUT2D eigenvalue weighted by Gasteiger charge is 2.58. The molecule has 2 heterocycles. The number of aromatic amines is 1. The van der Waals surface area contributed by atoms with Gasteiger partial charge in [0.15, 0.2) is 5.82 Å². The van der Waals surface area contributed by atoms with Crippen LogP contribution in [0.4, 0.5) is 0 Å². The molecule has 1 spiro atoms. The van der Waals surface area contributed by atoms with E-state index < -0.39 is 5.54 Å². The molecule has 1 aromatic rings. The molecule has 1 saturated carbocycles. The Balaban J connectivity index is 1.63. The summed E-state index contributed by atoms with van der Waals surface area (Å²) < 4.78 is 0. The Hall–Kier alpha value is -1.50. The van der Waals surface area contributed by atoms with E-state index in [4.69, 9.17) is 0 Å². The van der Waals surface area contributed by atoms with Crippen molar-refractivity contribution in [3.05, 3.63) is 5.82 Å². The van der Waals surface area contributed by atoms with Gasteiger partial charge in [-0.05, 0) is 51.6 Å². The first-order valence-corrected chi connectivity index (χ1v) is 6.80. The molecule has 3 rings (SSSR count). The van der Waals surface area contributed by atoms with Crippen molar-refractivity contribution >= 4 is 5.91 Å². The fourth-order valence-electron chi connectivity index (χ4n) is 3.07. The lowest BCUT2D eigenvalue weighted by molar-refractivity contribution is -0.125. The number of carbonyl (C=O) groups excluding carboxylic acids is 1. The number of amides is 1. The zero-order valence-electron chi connectivity index (χ0n) is 11.4. The van der Waals surface area contributed by atoms with Crippen molar-refractivity contribution in [2.75, 3.05) is 13.1 Å². The monoisotopic (exact) mass is 264 g/mol. The summed E-state index contributed by atoms with van der Waals surface area (Å²) in [6.45, 7) is 5.84. The number of carbonyl (C=O) groups is 1. The van der Waals surface area contributed by atoms with E-state index in [1.807, 2.05) is 13.8 Å². The fourth-order valence-corrected chi connectivity index (χ4v) is 3.07. The van der Waals surface area contributed by atoms with Crippen molar-refractivity contribution in [3.63, 3.8) is 0 Å². The smallest absolute Gasteiger partial charge is 0.224 e. The van der Waals surface area contributed by atoms with E-state index in [1.165, 1.54) is 0 Å². The summed E-state index contributed by atoms with van der Waals surface area (Å²) in [7, 11) is 0. The van der Waals surface area contributed by atoms with Crippen molar-refractivity contribution in [3.8, 4) is 0 Å². The number of aromatic nitrogens is 4. The van der Waals surface area contributed by atoms with Crippen LogP contribution in [-0.4, -0.2) is 39.6 Å². The van der Waals surface area contributed by atoms with Crippen LogP contribution in [0.2, 0.25) is 0 Å². The summed E-state index contributed by atoms with van der Waals surface area (Å²) in [4.78, 5) is 12.4. The average Bonchev–Trinajstić information content (AvgIpc) is 2.84. The molecule has 0 radical (unpaired) electrons. The number of piperidine rings is 1. The summed E-state index contributed by atoms with van der Waals surface area (Å²) in [5.41, 5.74) is -0.330. The molecule has 7 nitrogen and oxygen atoms in total. The molecule has 0 aromatic carbocycles. The molecular weight excluding hydrogens is 244 g/mol. The molecule has 7 heteroatoms. The molecule has 1 aromatic heterocycles. The van der Waals surface area contributed by atoms with Crippen molar-refractivity contribution in [2.24, 2.45) is 11.3 Å². The van der Waals surface area contributed by atoms with Gasteiger partial charge in [0.05, 0.1) is 5.54 Å². The Morgan fingerprint density at radius 1 is 1.42 bits per heavy atom. The minimum Gasteiger partial charge on any atom is -0.344 e. The van der Waals surface area contributed by atoms with Gasteiger partial charge in [0.1, 0.15) is 0 Å². The number of nitrogens with zero attached hydrogens (tertiary/aromatic N) is 3. The minimum atomic E-state index is -0.583. The second-order valence-corrected chi connectivity index (χ2v) is 6.22. The van der Waals surface area contributed by atoms with E-state index in [1.54, 1.807) is 0 Å². The fraction of sp³-hybridized carbons (Fsp3) is 0.833. The van der Waals surface area contributed by atoms with Crippen LogP contribution in [0.1, 0.15) is 38.9 Å². The molecule has 1 saturated heterocycles. The average molecular weight is 264 g/mol. The Kier molecular flexibility index (Phi) is 2.81. The van der Waals surface area contributed by atoms with Crippen LogP contribution < -0.4 is 10.6 Å². The number of H-pyrrole nitrogens is 1. The summed E-state index contributed by atoms with van der Waals surface area (Å²) in [6.07, 6.45) is 3.23. The van der Waals surface area contributed by atoms with E-state index in [2.05, 4.69) is 31.3 Å². The highest BCUT2D eigenvalue weighted by Crippen LogP contribution is 2.58. The topological polar surface area (TPSA) is 95.6 Å². The van der Waals surface area contributed by atoms with Crippen LogP contribution in [0.25, 0.3) is 0 Å². The molecule has 1 aliphatic carbocycles. The molecular formula is C12H20N6O. The van der Waals surface area contributed by atoms with Gasteiger partial charge in [-0.3, -0.25) is 4.79 Å². The molecule has 1 unspecified atom stereocenters. The first-order valence-electron chi connectivity index (χ1n) is 6.80. The van der Waals surface area contributed by atoms with Crippen LogP contribution in [-0.2, 0) is 10.3 Å². The maximum atomic E-state index is 12.4. The van der Waals surface area contributed by atoms with Crippen LogP contribution >= 0.6 is 0 Å². The second-order valence-electron chi connectivity index (χ2n) is 6.22. The molecule has 0 bridgehead atoms. The van der Waals surface area contributed by atoms with E-state index in [9.17, 15) is 4.79 Å². The normalized spacial score (nSPS) is 25.3. The predicted molar refractivity (Wildman–Crippen MR) is 68.0 cm³/mol. The molecule has 19 heavy (non-hydrogen) atoms. The van der Waals surface area contributed by atoms with Gasteiger partial charge in [-0.15, -0.1) is 10.2 Å². The SMILES string of the molecule is CC(C)(NC(=O)C1CC12CCNCC2)c1nn[nH]n1. The van der Waals surface area contributed by atoms with Crippen LogP contribution in [0.15, 0.2) is 0 Å². The van der Waals surface area contributed by atoms with Crippen molar-refractivity contribution < 1.29 is 4.79 Å². The molecule has 1 aliphatic heterocycles. The maximum Gasteiger partial charge on any atom is 0.224 e. The third kappa shape index (κ3) is 2.22. The van der Waals surface area contributed by atoms with Gasteiger partial charge in [0.2, 0.25) is 5.91 Å². The Bertz CT molecular complexity index is 463. The largest absolute Gasteiger partial charge is 0.344 e. The molecule has 3 N–H and O–H groups in total. The highest BCUT2D eigenvalue weighted by atomic mass is 16.2. The summed E-state index contributed by atoms with van der Waals surface area (Å²) in [6, 6.07) is 0. The lowest BCUT2D eigenvalue weighted by atomic mass is 9.91. The van der Waals surface area contributed by atoms with Crippen molar-refractivity contribution in [2.45, 2.75) is 38.6 Å². The lowest BCUT2D eigenvalue weighted by Gasteiger charge is -2.26. The van der Waals surface area contributed by atoms with Gasteiger partial charge in [-0.1, -0.05) is 5.21 Å². The van der Waals surface area contributed by atoms with Gasteiger partial charge >= 0.3 is 0 Å². The molecule has 104 valence electrons. The third-order valence-corrected chi connectivity index (χ3v) is 4.45. The molecule has 1 amide bonds. The Labute approximate surface area is 111 Å². The molecule has 2 fully saturated rings. The van der Waals surface area contributed by atoms with Gasteiger partial charge in [0, 0.05) is 5.92 Å². The third-order valence-electron chi connectivity index (χ3n) is 4.45. The van der Waals surface area contributed by atoms with E-state index in [-0.39, 0.29) is 17.2 Å². The number of tetrazole rings is 1. The Morgan fingerprint density at radius 2 is 2.16 bits per heavy atom. The van der Waals surface area contributed by atoms with Gasteiger partial charge < -0.3 is 10.6 Å². The minimum absolute atomic E-state index is 0.122. The van der Waals surface area contributed by atoms with E-state index in [0.717, 1.165) is 32.4 Å². The van der Waals surface area contributed by atoms with Crippen LogP contribution in [0.5, 0.6) is 0 Å². The number of hydrogen-bond donors (Lipinski definition) is 3. The van der Waals surface area contributed by atoms with Gasteiger partial charge in [-0.25, -0.2) is 0 Å². The second kappa shape index (κ2) is 4.26. The number of hydrogen-bond acceptors (Lipinski definition) is 5. The van der Waals surface area contributed by atoms with Crippen molar-refractivity contribution in [1.82, 2.24) is 31.3 Å². The zero-order valence-corrected chi connectivity index (χ0v) is 11.4. The number of nitrogens with one attached hydrogen (secondary N) is 3. The van der Waals surface area contributed by atoms with Crippen LogP contribution in [0.3, 0.4) is 0 Å². The first kappa shape index (κ1) is 12.5. The predicted octanol–water partition coefficient (Wildman–Crippen LogP) is -0.0593. The van der Waals surface area contributed by atoms with Crippen LogP contribution in [0, 0.1) is 11.3 Å². The maximum absolute atomic E-state index is 12.4. The molecule has 2 aliphatic rings. The summed E-state index contributed by atoms with van der Waals surface area (Å²) in [5, 5.41) is 20.3. The van der Waals surface area contributed by atoms with E-state index in [0.29, 0.717) is 5.82 Å². The number of rotatable bonds is 3. The zero-order chi connectivity index (χ0) is 13.5. The Morgan fingerprint density at radius 3 is 2.79 bits per heavy atom. The van der Waals surface area contributed by atoms with Gasteiger partial charge in [0.25, 0.3) is 0 Å². The quantitative estimate of drug-likeness (QED) is 0.711. The van der Waals surface area contributed by atoms with E-state index >= 15 is 0 Å². The standard InChI is InChI=1S/C12H20N6O/c1-11(2,10-15-17-18-16-10)14-9(19)8-7-12(8)3-5-13-6-4-12/h8,13H,3-7H2,1-2H3,(H,14,19)(H,15,16,17,18). The van der Waals surface area contributed by atoms with Gasteiger partial charge in [-0.2, -0.15) is 5.21 Å². The lowest BCUT2D eigenvalue weighted by Crippen LogP contribution is -2.44. The summed E-state index contributed by atoms with van der Waals surface area (Å²) in [5.74, 6) is 0.790. The first-order chi connectivity index (χ1) is 9.04. The highest BCUT2D eigenvalue weighted by molar-refractivity contribution is 5.83. The summed E-state index contributed by atoms with van der Waals surface area (Å²) >= 11 is 0.